The third-order valence-electron chi connectivity index (χ3n) is 5.13. The summed E-state index contributed by atoms with van der Waals surface area (Å²) in [6.07, 6.45) is 0.860. The van der Waals surface area contributed by atoms with Crippen molar-refractivity contribution < 1.29 is 14.3 Å². The summed E-state index contributed by atoms with van der Waals surface area (Å²) in [5, 5.41) is 5.98. The number of benzene rings is 2. The molecule has 2 fully saturated rings. The Morgan fingerprint density at radius 1 is 1.03 bits per heavy atom. The summed E-state index contributed by atoms with van der Waals surface area (Å²) < 4.78 is 5.83. The number of nitrogens with one attached hydrogen (secondary N) is 2. The molecule has 2 saturated heterocycles. The van der Waals surface area contributed by atoms with Crippen LogP contribution in [0.3, 0.4) is 0 Å². The fourth-order valence-corrected chi connectivity index (χ4v) is 4.80. The summed E-state index contributed by atoms with van der Waals surface area (Å²) in [6.45, 7) is 2.48. The molecule has 0 aliphatic carbocycles. The molecule has 2 atom stereocenters. The van der Waals surface area contributed by atoms with E-state index in [1.807, 2.05) is 59.5 Å². The zero-order valence-corrected chi connectivity index (χ0v) is 18.2. The SMILES string of the molecule is Cl.O=C1N[C@H](CN2CCNCC2=O)CCS[C@@H]1c1ccc(Oc2ccccc2)cc1. The summed E-state index contributed by atoms with van der Waals surface area (Å²) >= 11 is 1.65. The summed E-state index contributed by atoms with van der Waals surface area (Å²) in [5.74, 6) is 2.52. The Balaban J connectivity index is 0.00000256. The first-order chi connectivity index (χ1) is 14.2. The van der Waals surface area contributed by atoms with Crippen LogP contribution < -0.4 is 15.4 Å². The highest BCUT2D eigenvalue weighted by Crippen LogP contribution is 2.33. The Labute approximate surface area is 187 Å². The molecule has 8 heteroatoms. The Bertz CT molecular complexity index is 850. The average Bonchev–Trinajstić information content (AvgIpc) is 2.92. The molecule has 0 saturated carbocycles. The molecule has 6 nitrogen and oxygen atoms in total. The largest absolute Gasteiger partial charge is 0.457 e. The van der Waals surface area contributed by atoms with Crippen molar-refractivity contribution in [2.45, 2.75) is 17.7 Å². The first-order valence-electron chi connectivity index (χ1n) is 9.92. The Morgan fingerprint density at radius 2 is 1.77 bits per heavy atom. The molecule has 0 radical (unpaired) electrons. The standard InChI is InChI=1S/C22H25N3O3S.ClH/c26-20-14-23-11-12-25(20)15-17-10-13-29-21(22(27)24-17)16-6-8-19(9-7-16)28-18-4-2-1-3-5-18;/h1-9,17,21,23H,10-15H2,(H,24,27);1H/t17-,21+;/m0./s1. The van der Waals surface area contributed by atoms with Crippen LogP contribution in [-0.2, 0) is 9.59 Å². The van der Waals surface area contributed by atoms with Gasteiger partial charge in [-0.05, 0) is 42.0 Å². The van der Waals surface area contributed by atoms with E-state index in [9.17, 15) is 9.59 Å². The van der Waals surface area contributed by atoms with Gasteiger partial charge in [0.1, 0.15) is 16.7 Å². The van der Waals surface area contributed by atoms with Crippen molar-refractivity contribution in [2.75, 3.05) is 31.9 Å². The molecule has 2 amide bonds. The van der Waals surface area contributed by atoms with Crippen LogP contribution in [-0.4, -0.2) is 54.7 Å². The lowest BCUT2D eigenvalue weighted by molar-refractivity contribution is -0.133. The third-order valence-corrected chi connectivity index (χ3v) is 6.42. The van der Waals surface area contributed by atoms with Crippen molar-refractivity contribution in [1.82, 2.24) is 15.5 Å². The van der Waals surface area contributed by atoms with Gasteiger partial charge in [-0.2, -0.15) is 0 Å². The van der Waals surface area contributed by atoms with Gasteiger partial charge in [-0.1, -0.05) is 30.3 Å². The second-order valence-electron chi connectivity index (χ2n) is 7.25. The van der Waals surface area contributed by atoms with Crippen LogP contribution in [0.15, 0.2) is 54.6 Å². The van der Waals surface area contributed by atoms with Gasteiger partial charge >= 0.3 is 0 Å². The minimum Gasteiger partial charge on any atom is -0.457 e. The van der Waals surface area contributed by atoms with E-state index in [0.717, 1.165) is 35.8 Å². The van der Waals surface area contributed by atoms with E-state index in [4.69, 9.17) is 4.74 Å². The highest BCUT2D eigenvalue weighted by molar-refractivity contribution is 8.00. The molecular formula is C22H26ClN3O3S. The van der Waals surface area contributed by atoms with E-state index in [-0.39, 0.29) is 35.5 Å². The Kier molecular flexibility index (Phi) is 8.01. The number of rotatable bonds is 5. The molecule has 0 unspecified atom stereocenters. The van der Waals surface area contributed by atoms with Crippen molar-refractivity contribution >= 4 is 36.0 Å². The number of para-hydroxylation sites is 1. The number of carbonyl (C=O) groups is 2. The van der Waals surface area contributed by atoms with E-state index < -0.39 is 0 Å². The fraction of sp³-hybridized carbons (Fsp3) is 0.364. The monoisotopic (exact) mass is 447 g/mol. The normalized spacial score (nSPS) is 21.9. The molecule has 160 valence electrons. The number of hydrogen-bond donors (Lipinski definition) is 2. The first-order valence-corrected chi connectivity index (χ1v) is 11.0. The molecule has 0 spiro atoms. The van der Waals surface area contributed by atoms with Crippen LogP contribution in [0.4, 0.5) is 0 Å². The molecule has 2 aromatic rings. The van der Waals surface area contributed by atoms with Crippen LogP contribution in [0.5, 0.6) is 11.5 Å². The lowest BCUT2D eigenvalue weighted by atomic mass is 10.1. The maximum absolute atomic E-state index is 12.8. The van der Waals surface area contributed by atoms with Gasteiger partial charge < -0.3 is 20.3 Å². The number of nitrogens with zero attached hydrogens (tertiary/aromatic N) is 1. The lowest BCUT2D eigenvalue weighted by Gasteiger charge is -2.31. The van der Waals surface area contributed by atoms with Crippen LogP contribution in [0, 0.1) is 0 Å². The van der Waals surface area contributed by atoms with E-state index in [1.165, 1.54) is 0 Å². The fourth-order valence-electron chi connectivity index (χ4n) is 3.58. The van der Waals surface area contributed by atoms with E-state index in [0.29, 0.717) is 19.6 Å². The molecule has 2 aliphatic heterocycles. The van der Waals surface area contributed by atoms with Crippen LogP contribution >= 0.6 is 24.2 Å². The van der Waals surface area contributed by atoms with Crippen molar-refractivity contribution in [3.63, 3.8) is 0 Å². The lowest BCUT2D eigenvalue weighted by Crippen LogP contribution is -2.53. The van der Waals surface area contributed by atoms with Crippen molar-refractivity contribution in [3.8, 4) is 11.5 Å². The quantitative estimate of drug-likeness (QED) is 0.737. The summed E-state index contributed by atoms with van der Waals surface area (Å²) in [7, 11) is 0. The number of amides is 2. The molecule has 2 aromatic carbocycles. The number of piperazine rings is 1. The van der Waals surface area contributed by atoms with Crippen molar-refractivity contribution in [1.29, 1.82) is 0 Å². The number of thioether (sulfide) groups is 1. The van der Waals surface area contributed by atoms with Crippen molar-refractivity contribution in [2.24, 2.45) is 0 Å². The van der Waals surface area contributed by atoms with Gasteiger partial charge in [0.05, 0.1) is 6.54 Å². The van der Waals surface area contributed by atoms with E-state index in [2.05, 4.69) is 10.6 Å². The van der Waals surface area contributed by atoms with Gasteiger partial charge in [-0.15, -0.1) is 24.2 Å². The molecule has 0 aromatic heterocycles. The minimum absolute atomic E-state index is 0. The summed E-state index contributed by atoms with van der Waals surface area (Å²) in [5.41, 5.74) is 0.965. The zero-order valence-electron chi connectivity index (χ0n) is 16.6. The van der Waals surface area contributed by atoms with Crippen molar-refractivity contribution in [3.05, 3.63) is 60.2 Å². The molecule has 0 bridgehead atoms. The van der Waals surface area contributed by atoms with Crippen LogP contribution in [0.2, 0.25) is 0 Å². The third kappa shape index (κ3) is 5.68. The van der Waals surface area contributed by atoms with E-state index in [1.54, 1.807) is 11.8 Å². The minimum atomic E-state index is -0.246. The number of hydrogen-bond acceptors (Lipinski definition) is 5. The zero-order chi connectivity index (χ0) is 20.1. The van der Waals surface area contributed by atoms with Gasteiger partial charge in [0.25, 0.3) is 0 Å². The van der Waals surface area contributed by atoms with Gasteiger partial charge in [-0.3, -0.25) is 9.59 Å². The Morgan fingerprint density at radius 3 is 2.50 bits per heavy atom. The molecule has 2 N–H and O–H groups in total. The van der Waals surface area contributed by atoms with Gasteiger partial charge in [0.15, 0.2) is 0 Å². The topological polar surface area (TPSA) is 70.7 Å². The molecule has 4 rings (SSSR count). The maximum Gasteiger partial charge on any atom is 0.237 e. The number of halogens is 1. The number of carbonyl (C=O) groups excluding carboxylic acids is 2. The van der Waals surface area contributed by atoms with Crippen LogP contribution in [0.1, 0.15) is 17.2 Å². The second-order valence-corrected chi connectivity index (χ2v) is 8.46. The smallest absolute Gasteiger partial charge is 0.237 e. The molecular weight excluding hydrogens is 422 g/mol. The first kappa shape index (κ1) is 22.5. The number of ether oxygens (including phenoxy) is 1. The predicted octanol–water partition coefficient (Wildman–Crippen LogP) is 3.00. The highest BCUT2D eigenvalue weighted by Gasteiger charge is 2.29. The average molecular weight is 448 g/mol. The maximum atomic E-state index is 12.8. The molecule has 2 heterocycles. The molecule has 2 aliphatic rings. The predicted molar refractivity (Wildman–Crippen MR) is 121 cm³/mol. The summed E-state index contributed by atoms with van der Waals surface area (Å²) in [6, 6.07) is 17.3. The molecule has 30 heavy (non-hydrogen) atoms. The van der Waals surface area contributed by atoms with Crippen LogP contribution in [0.25, 0.3) is 0 Å². The van der Waals surface area contributed by atoms with Gasteiger partial charge in [-0.25, -0.2) is 0 Å². The van der Waals surface area contributed by atoms with Gasteiger partial charge in [0, 0.05) is 25.7 Å². The van der Waals surface area contributed by atoms with E-state index >= 15 is 0 Å². The summed E-state index contributed by atoms with van der Waals surface area (Å²) in [4.78, 5) is 26.7. The van der Waals surface area contributed by atoms with Gasteiger partial charge in [0.2, 0.25) is 11.8 Å². The second kappa shape index (κ2) is 10.7. The Hall–Kier alpha value is -2.22. The highest BCUT2D eigenvalue weighted by atomic mass is 35.5.